The van der Waals surface area contributed by atoms with Crippen molar-refractivity contribution >= 4 is 23.4 Å². The highest BCUT2D eigenvalue weighted by molar-refractivity contribution is 7.99. The van der Waals surface area contributed by atoms with Crippen molar-refractivity contribution in [1.29, 1.82) is 5.26 Å². The Morgan fingerprint density at radius 3 is 2.53 bits per heavy atom. The molecule has 0 aliphatic rings. The number of carbonyl (C=O) groups excluding carboxylic acids is 1. The van der Waals surface area contributed by atoms with E-state index in [1.54, 1.807) is 11.8 Å². The smallest absolute Gasteiger partial charge is 0.234 e. The molecule has 0 saturated heterocycles. The highest BCUT2D eigenvalue weighted by Crippen LogP contribution is 2.22. The molecule has 0 saturated carbocycles. The minimum Gasteiger partial charge on any atom is -0.325 e. The maximum absolute atomic E-state index is 11.8. The molecule has 1 amide bonds. The number of hydrogen-bond acceptors (Lipinski definition) is 3. The third-order valence-electron chi connectivity index (χ3n) is 2.75. The summed E-state index contributed by atoms with van der Waals surface area (Å²) in [5.41, 5.74) is 4.33. The van der Waals surface area contributed by atoms with Gasteiger partial charge in [0.1, 0.15) is 0 Å². The second-order valence-corrected chi connectivity index (χ2v) is 5.74. The summed E-state index contributed by atoms with van der Waals surface area (Å²) < 4.78 is 0. The summed E-state index contributed by atoms with van der Waals surface area (Å²) in [7, 11) is 0. The van der Waals surface area contributed by atoms with E-state index in [2.05, 4.69) is 30.4 Å². The van der Waals surface area contributed by atoms with Crippen LogP contribution in [0.4, 0.5) is 5.69 Å². The zero-order valence-electron chi connectivity index (χ0n) is 11.7. The Morgan fingerprint density at radius 1 is 1.32 bits per heavy atom. The topological polar surface area (TPSA) is 52.9 Å². The van der Waals surface area contributed by atoms with Gasteiger partial charge in [-0.1, -0.05) is 17.7 Å². The van der Waals surface area contributed by atoms with Gasteiger partial charge in [0, 0.05) is 12.1 Å². The van der Waals surface area contributed by atoms with Crippen LogP contribution in [0, 0.1) is 32.1 Å². The standard InChI is InChI=1S/C15H20N2OS/c1-11-8-12(2)15(13(3)9-11)17-14(18)10-19-7-5-4-6-16/h8-9H,4-5,7,10H2,1-3H3,(H,17,18). The van der Waals surface area contributed by atoms with Crippen molar-refractivity contribution in [2.24, 2.45) is 0 Å². The first kappa shape index (κ1) is 15.6. The van der Waals surface area contributed by atoms with Crippen molar-refractivity contribution in [1.82, 2.24) is 0 Å². The molecule has 0 spiro atoms. The van der Waals surface area contributed by atoms with E-state index in [1.807, 2.05) is 13.8 Å². The number of anilines is 1. The van der Waals surface area contributed by atoms with Crippen molar-refractivity contribution in [2.45, 2.75) is 33.6 Å². The molecular weight excluding hydrogens is 256 g/mol. The summed E-state index contributed by atoms with van der Waals surface area (Å²) in [5.74, 6) is 1.32. The lowest BCUT2D eigenvalue weighted by atomic mass is 10.1. The van der Waals surface area contributed by atoms with Gasteiger partial charge in [-0.2, -0.15) is 17.0 Å². The molecule has 0 bridgehead atoms. The minimum absolute atomic E-state index is 0.0250. The van der Waals surface area contributed by atoms with Gasteiger partial charge in [0.25, 0.3) is 0 Å². The number of aryl methyl sites for hydroxylation is 3. The van der Waals surface area contributed by atoms with E-state index in [0.29, 0.717) is 12.2 Å². The SMILES string of the molecule is Cc1cc(C)c(NC(=O)CSCCCC#N)c(C)c1. The van der Waals surface area contributed by atoms with Gasteiger partial charge in [-0.3, -0.25) is 4.79 Å². The molecule has 0 aromatic heterocycles. The molecule has 0 aliphatic heterocycles. The average molecular weight is 276 g/mol. The van der Waals surface area contributed by atoms with Gasteiger partial charge < -0.3 is 5.32 Å². The van der Waals surface area contributed by atoms with Crippen LogP contribution in [-0.4, -0.2) is 17.4 Å². The molecule has 19 heavy (non-hydrogen) atoms. The van der Waals surface area contributed by atoms with Crippen LogP contribution in [0.3, 0.4) is 0 Å². The predicted molar refractivity (Wildman–Crippen MR) is 81.5 cm³/mol. The number of carbonyl (C=O) groups is 1. The Labute approximate surface area is 119 Å². The quantitative estimate of drug-likeness (QED) is 0.808. The molecule has 1 aromatic carbocycles. The number of rotatable bonds is 6. The molecule has 102 valence electrons. The fourth-order valence-electron chi connectivity index (χ4n) is 1.97. The summed E-state index contributed by atoms with van der Waals surface area (Å²) in [6, 6.07) is 6.25. The first-order chi connectivity index (χ1) is 9.04. The molecule has 1 N–H and O–H groups in total. The van der Waals surface area contributed by atoms with E-state index in [-0.39, 0.29) is 5.91 Å². The van der Waals surface area contributed by atoms with E-state index in [4.69, 9.17) is 5.26 Å². The summed E-state index contributed by atoms with van der Waals surface area (Å²) in [5, 5.41) is 11.4. The zero-order valence-corrected chi connectivity index (χ0v) is 12.6. The Balaban J connectivity index is 2.47. The molecule has 0 radical (unpaired) electrons. The number of unbranched alkanes of at least 4 members (excludes halogenated alkanes) is 1. The van der Waals surface area contributed by atoms with Crippen LogP contribution >= 0.6 is 11.8 Å². The Bertz CT molecular complexity index is 468. The molecule has 0 aliphatic carbocycles. The van der Waals surface area contributed by atoms with Gasteiger partial charge in [-0.05, 0) is 44.1 Å². The van der Waals surface area contributed by atoms with Crippen molar-refractivity contribution < 1.29 is 4.79 Å². The summed E-state index contributed by atoms with van der Waals surface area (Å²) in [6.07, 6.45) is 1.40. The maximum atomic E-state index is 11.8. The van der Waals surface area contributed by atoms with E-state index in [0.717, 1.165) is 29.0 Å². The normalized spacial score (nSPS) is 10.0. The number of hydrogen-bond donors (Lipinski definition) is 1. The number of nitriles is 1. The largest absolute Gasteiger partial charge is 0.325 e. The number of thioether (sulfide) groups is 1. The molecule has 0 fully saturated rings. The first-order valence-electron chi connectivity index (χ1n) is 6.37. The van der Waals surface area contributed by atoms with Crippen LogP contribution in [0.5, 0.6) is 0 Å². The molecule has 1 aromatic rings. The van der Waals surface area contributed by atoms with E-state index >= 15 is 0 Å². The fourth-order valence-corrected chi connectivity index (χ4v) is 2.72. The summed E-state index contributed by atoms with van der Waals surface area (Å²) >= 11 is 1.57. The Kier molecular flexibility index (Phi) is 6.44. The minimum atomic E-state index is 0.0250. The zero-order chi connectivity index (χ0) is 14.3. The number of nitrogens with one attached hydrogen (secondary N) is 1. The lowest BCUT2D eigenvalue weighted by Gasteiger charge is -2.12. The van der Waals surface area contributed by atoms with Crippen molar-refractivity contribution in [2.75, 3.05) is 16.8 Å². The molecular formula is C15H20N2OS. The van der Waals surface area contributed by atoms with E-state index in [9.17, 15) is 4.79 Å². The van der Waals surface area contributed by atoms with Crippen LogP contribution in [0.25, 0.3) is 0 Å². The predicted octanol–water partition coefficient (Wildman–Crippen LogP) is 3.59. The van der Waals surface area contributed by atoms with Crippen molar-refractivity contribution in [3.05, 3.63) is 28.8 Å². The van der Waals surface area contributed by atoms with Gasteiger partial charge in [0.2, 0.25) is 5.91 Å². The van der Waals surface area contributed by atoms with Crippen LogP contribution in [-0.2, 0) is 4.79 Å². The Hall–Kier alpha value is -1.47. The third kappa shape index (κ3) is 5.35. The fraction of sp³-hybridized carbons (Fsp3) is 0.467. The molecule has 1 rings (SSSR count). The highest BCUT2D eigenvalue weighted by atomic mass is 32.2. The molecule has 3 nitrogen and oxygen atoms in total. The summed E-state index contributed by atoms with van der Waals surface area (Å²) in [6.45, 7) is 6.07. The third-order valence-corrected chi connectivity index (χ3v) is 3.80. The first-order valence-corrected chi connectivity index (χ1v) is 7.52. The lowest BCUT2D eigenvalue weighted by molar-refractivity contribution is -0.113. The van der Waals surface area contributed by atoms with Crippen LogP contribution in [0.15, 0.2) is 12.1 Å². The maximum Gasteiger partial charge on any atom is 0.234 e. The lowest BCUT2D eigenvalue weighted by Crippen LogP contribution is -2.16. The van der Waals surface area contributed by atoms with Crippen molar-refractivity contribution in [3.8, 4) is 6.07 Å². The molecule has 4 heteroatoms. The van der Waals surface area contributed by atoms with Crippen molar-refractivity contribution in [3.63, 3.8) is 0 Å². The second-order valence-electron chi connectivity index (χ2n) is 4.64. The second kappa shape index (κ2) is 7.85. The van der Waals surface area contributed by atoms with Gasteiger partial charge in [-0.15, -0.1) is 0 Å². The van der Waals surface area contributed by atoms with Crippen LogP contribution in [0.2, 0.25) is 0 Å². The van der Waals surface area contributed by atoms with E-state index < -0.39 is 0 Å². The molecule has 0 unspecified atom stereocenters. The van der Waals surface area contributed by atoms with Gasteiger partial charge >= 0.3 is 0 Å². The molecule has 0 atom stereocenters. The monoisotopic (exact) mass is 276 g/mol. The van der Waals surface area contributed by atoms with Gasteiger partial charge in [0.15, 0.2) is 0 Å². The molecule has 0 heterocycles. The summed E-state index contributed by atoms with van der Waals surface area (Å²) in [4.78, 5) is 11.8. The van der Waals surface area contributed by atoms with Crippen LogP contribution in [0.1, 0.15) is 29.5 Å². The van der Waals surface area contributed by atoms with Gasteiger partial charge in [0.05, 0.1) is 11.8 Å². The van der Waals surface area contributed by atoms with Gasteiger partial charge in [-0.25, -0.2) is 0 Å². The average Bonchev–Trinajstić information content (AvgIpc) is 2.33. The highest BCUT2D eigenvalue weighted by Gasteiger charge is 2.08. The van der Waals surface area contributed by atoms with E-state index in [1.165, 1.54) is 5.56 Å². The number of nitrogens with zero attached hydrogens (tertiary/aromatic N) is 1. The Morgan fingerprint density at radius 2 is 1.95 bits per heavy atom. The number of amides is 1. The number of benzene rings is 1. The van der Waals surface area contributed by atoms with Crippen LogP contribution < -0.4 is 5.32 Å².